The largest absolute Gasteiger partial charge is 0.449 e. The maximum atomic E-state index is 15.2. The second kappa shape index (κ2) is 13.6. The first-order valence-electron chi connectivity index (χ1n) is 14.4. The van der Waals surface area contributed by atoms with Crippen molar-refractivity contribution in [2.45, 2.75) is 71.8 Å². The number of hydrogen-bond acceptors (Lipinski definition) is 6. The summed E-state index contributed by atoms with van der Waals surface area (Å²) in [6.45, 7) is 7.79. The topological polar surface area (TPSA) is 115 Å². The van der Waals surface area contributed by atoms with Gasteiger partial charge in [0.1, 0.15) is 17.1 Å². The predicted molar refractivity (Wildman–Crippen MR) is 156 cm³/mol. The Morgan fingerprint density at radius 3 is 2.49 bits per heavy atom. The van der Waals surface area contributed by atoms with Crippen LogP contribution in [0.5, 0.6) is 0 Å². The number of nitrogens with zero attached hydrogens (tertiary/aromatic N) is 3. The smallest absolute Gasteiger partial charge is 0.435 e. The Labute approximate surface area is 257 Å². The summed E-state index contributed by atoms with van der Waals surface area (Å²) in [5.74, 6) is -1.84. The molecule has 0 radical (unpaired) electrons. The highest BCUT2D eigenvalue weighted by Crippen LogP contribution is 2.31. The Bertz CT molecular complexity index is 1560. The summed E-state index contributed by atoms with van der Waals surface area (Å²) in [6, 6.07) is 9.25. The van der Waals surface area contributed by atoms with Crippen molar-refractivity contribution in [3.05, 3.63) is 76.4 Å². The van der Waals surface area contributed by atoms with Gasteiger partial charge in [-0.1, -0.05) is 25.5 Å². The number of aromatic nitrogens is 2. The molecule has 0 spiro atoms. The molecule has 10 nitrogen and oxygen atoms in total. The van der Waals surface area contributed by atoms with E-state index in [1.165, 1.54) is 35.2 Å². The molecule has 0 atom stereocenters. The Kier molecular flexibility index (Phi) is 10.0. The Morgan fingerprint density at radius 1 is 1.04 bits per heavy atom. The predicted octanol–water partition coefficient (Wildman–Crippen LogP) is 6.60. The van der Waals surface area contributed by atoms with Gasteiger partial charge in [-0.3, -0.25) is 4.79 Å². The van der Waals surface area contributed by atoms with Gasteiger partial charge in [-0.15, -0.1) is 0 Å². The van der Waals surface area contributed by atoms with Gasteiger partial charge in [-0.25, -0.2) is 18.7 Å². The number of ether oxygens (including phenoxy) is 2. The van der Waals surface area contributed by atoms with E-state index in [-0.39, 0.29) is 31.1 Å². The van der Waals surface area contributed by atoms with E-state index in [1.54, 1.807) is 26.8 Å². The average Bonchev–Trinajstić information content (AvgIpc) is 3.42. The van der Waals surface area contributed by atoms with Crippen LogP contribution in [0.4, 0.5) is 32.8 Å². The highest BCUT2D eigenvalue weighted by atomic mass is 19.4. The van der Waals surface area contributed by atoms with Crippen LogP contribution >= 0.6 is 0 Å². The summed E-state index contributed by atoms with van der Waals surface area (Å²) >= 11 is 0. The van der Waals surface area contributed by atoms with Crippen LogP contribution in [0.25, 0.3) is 5.69 Å². The highest BCUT2D eigenvalue weighted by molar-refractivity contribution is 6.03. The molecule has 2 heterocycles. The lowest BCUT2D eigenvalue weighted by atomic mass is 9.99. The number of halogens is 4. The van der Waals surface area contributed by atoms with Crippen LogP contribution in [0.2, 0.25) is 0 Å². The number of fused-ring (bicyclic) bond motifs is 1. The van der Waals surface area contributed by atoms with Gasteiger partial charge in [0.25, 0.3) is 5.91 Å². The number of benzene rings is 2. The minimum atomic E-state index is -4.86. The summed E-state index contributed by atoms with van der Waals surface area (Å²) in [5.41, 5.74) is -0.941. The molecular weight excluding hydrogens is 598 g/mol. The fraction of sp³-hybridized carbons (Fsp3) is 0.419. The van der Waals surface area contributed by atoms with E-state index in [9.17, 15) is 27.6 Å². The van der Waals surface area contributed by atoms with Crippen molar-refractivity contribution in [2.75, 3.05) is 18.5 Å². The molecule has 0 saturated heterocycles. The number of hydrogen-bond donors (Lipinski definition) is 2. The van der Waals surface area contributed by atoms with E-state index in [0.717, 1.165) is 17.5 Å². The normalized spacial score (nSPS) is 13.2. The minimum Gasteiger partial charge on any atom is -0.449 e. The molecular formula is C31H35F4N5O5. The highest BCUT2D eigenvalue weighted by Gasteiger charge is 2.36. The first kappa shape index (κ1) is 33.3. The Morgan fingerprint density at radius 2 is 1.80 bits per heavy atom. The van der Waals surface area contributed by atoms with Crippen molar-refractivity contribution in [1.29, 1.82) is 0 Å². The summed E-state index contributed by atoms with van der Waals surface area (Å²) < 4.78 is 67.4. The maximum absolute atomic E-state index is 15.2. The Balaban J connectivity index is 1.55. The summed E-state index contributed by atoms with van der Waals surface area (Å²) in [5, 5.41) is 8.56. The quantitative estimate of drug-likeness (QED) is 0.213. The lowest BCUT2D eigenvalue weighted by Crippen LogP contribution is -2.36. The molecule has 1 aromatic heterocycles. The Hall–Kier alpha value is -4.62. The molecule has 0 saturated carbocycles. The van der Waals surface area contributed by atoms with Gasteiger partial charge in [0.05, 0.1) is 18.0 Å². The van der Waals surface area contributed by atoms with E-state index < -0.39 is 47.1 Å². The fourth-order valence-electron chi connectivity index (χ4n) is 4.58. The van der Waals surface area contributed by atoms with Gasteiger partial charge in [-0.2, -0.15) is 18.3 Å². The van der Waals surface area contributed by atoms with Crippen molar-refractivity contribution in [1.82, 2.24) is 20.0 Å². The molecule has 0 aliphatic carbocycles. The van der Waals surface area contributed by atoms with Crippen molar-refractivity contribution < 1.29 is 41.4 Å². The number of alkyl carbamates (subject to hydrolysis) is 1. The number of unbranched alkanes of at least 4 members (excludes halogenated alkanes) is 1. The number of amides is 3. The third-order valence-corrected chi connectivity index (χ3v) is 6.75. The van der Waals surface area contributed by atoms with E-state index in [4.69, 9.17) is 9.47 Å². The zero-order chi connectivity index (χ0) is 32.9. The molecule has 4 rings (SSSR count). The molecule has 1 aliphatic heterocycles. The fourth-order valence-corrected chi connectivity index (χ4v) is 4.58. The number of carbonyl (C=O) groups is 3. The molecule has 0 bridgehead atoms. The van der Waals surface area contributed by atoms with E-state index >= 15 is 4.39 Å². The van der Waals surface area contributed by atoms with Crippen LogP contribution in [0, 0.1) is 5.82 Å². The second-order valence-corrected chi connectivity index (χ2v) is 11.5. The van der Waals surface area contributed by atoms with Gasteiger partial charge in [0.15, 0.2) is 5.69 Å². The molecule has 0 fully saturated rings. The summed E-state index contributed by atoms with van der Waals surface area (Å²) in [4.78, 5) is 39.2. The van der Waals surface area contributed by atoms with Gasteiger partial charge in [0, 0.05) is 25.7 Å². The first-order valence-corrected chi connectivity index (χ1v) is 14.4. The number of carbonyl (C=O) groups excluding carboxylic acids is 3. The molecule has 3 aromatic rings. The van der Waals surface area contributed by atoms with E-state index in [2.05, 4.69) is 15.7 Å². The lowest BCUT2D eigenvalue weighted by molar-refractivity contribution is -0.141. The number of alkyl halides is 3. The number of rotatable bonds is 8. The second-order valence-electron chi connectivity index (χ2n) is 11.5. The molecule has 2 N–H and O–H groups in total. The van der Waals surface area contributed by atoms with Crippen LogP contribution in [0.15, 0.2) is 42.5 Å². The molecule has 14 heteroatoms. The number of nitrogens with one attached hydrogen (secondary N) is 2. The molecule has 3 amide bonds. The van der Waals surface area contributed by atoms with Crippen molar-refractivity contribution >= 4 is 23.8 Å². The monoisotopic (exact) mass is 633 g/mol. The summed E-state index contributed by atoms with van der Waals surface area (Å²) in [6.07, 6.45) is -4.08. The third-order valence-electron chi connectivity index (χ3n) is 6.75. The zero-order valence-corrected chi connectivity index (χ0v) is 25.4. The maximum Gasteiger partial charge on any atom is 0.435 e. The van der Waals surface area contributed by atoms with Crippen molar-refractivity contribution in [2.24, 2.45) is 0 Å². The molecule has 242 valence electrons. The van der Waals surface area contributed by atoms with Crippen LogP contribution < -0.4 is 10.6 Å². The van der Waals surface area contributed by atoms with Gasteiger partial charge in [-0.05, 0) is 74.6 Å². The van der Waals surface area contributed by atoms with Crippen LogP contribution in [-0.2, 0) is 35.2 Å². The molecule has 45 heavy (non-hydrogen) atoms. The first-order chi connectivity index (χ1) is 21.1. The van der Waals surface area contributed by atoms with Crippen LogP contribution in [0.1, 0.15) is 73.4 Å². The standard InChI is InChI=1S/C31H35F4N5O5/c1-5-6-12-44-29(43)39-11-10-20-15-24(23(32)14-21(20)18-39)37-27(41)25-16-26(31(33,34)35)38-40(25)22-9-7-8-19(13-22)17-36-28(42)45-30(2,3)4/h7-9,13-16H,5-6,10-12,17-18H2,1-4H3,(H,36,42)(H,37,41). The minimum absolute atomic E-state index is 0.00803. The molecule has 2 aromatic carbocycles. The van der Waals surface area contributed by atoms with Gasteiger partial charge in [0.2, 0.25) is 0 Å². The van der Waals surface area contributed by atoms with E-state index in [1.807, 2.05) is 6.92 Å². The zero-order valence-electron chi connectivity index (χ0n) is 25.4. The average molecular weight is 634 g/mol. The third kappa shape index (κ3) is 8.73. The van der Waals surface area contributed by atoms with Crippen molar-refractivity contribution in [3.8, 4) is 5.69 Å². The lowest BCUT2D eigenvalue weighted by Gasteiger charge is -2.28. The molecule has 0 unspecified atom stereocenters. The summed E-state index contributed by atoms with van der Waals surface area (Å²) in [7, 11) is 0. The van der Waals surface area contributed by atoms with Gasteiger partial charge >= 0.3 is 18.4 Å². The number of anilines is 1. The molecule has 1 aliphatic rings. The van der Waals surface area contributed by atoms with Gasteiger partial charge < -0.3 is 25.0 Å². The van der Waals surface area contributed by atoms with Crippen LogP contribution in [0.3, 0.4) is 0 Å². The van der Waals surface area contributed by atoms with Crippen molar-refractivity contribution in [3.63, 3.8) is 0 Å². The van der Waals surface area contributed by atoms with E-state index in [0.29, 0.717) is 35.7 Å². The SMILES string of the molecule is CCCCOC(=O)N1CCc2cc(NC(=O)c3cc(C(F)(F)F)nn3-c3cccc(CNC(=O)OC(C)(C)C)c3)c(F)cc2C1. The van der Waals surface area contributed by atoms with Crippen LogP contribution in [-0.4, -0.2) is 51.5 Å².